The van der Waals surface area contributed by atoms with Crippen LogP contribution in [0.4, 0.5) is 5.69 Å². The summed E-state index contributed by atoms with van der Waals surface area (Å²) in [6, 6.07) is 8.32. The lowest BCUT2D eigenvalue weighted by atomic mass is 10.1. The molecule has 0 radical (unpaired) electrons. The molecule has 0 spiro atoms. The highest BCUT2D eigenvalue weighted by atomic mass is 16.6. The van der Waals surface area contributed by atoms with Gasteiger partial charge in [0.25, 0.3) is 11.6 Å². The van der Waals surface area contributed by atoms with Crippen LogP contribution in [0.25, 0.3) is 11.0 Å². The zero-order valence-electron chi connectivity index (χ0n) is 12.6. The van der Waals surface area contributed by atoms with Crippen LogP contribution in [-0.4, -0.2) is 22.0 Å². The van der Waals surface area contributed by atoms with Gasteiger partial charge in [-0.25, -0.2) is 10.2 Å². The van der Waals surface area contributed by atoms with E-state index in [1.54, 1.807) is 24.5 Å². The Balaban J connectivity index is 1.87. The van der Waals surface area contributed by atoms with E-state index in [-0.39, 0.29) is 22.2 Å². The number of nitro benzene ring substituents is 1. The monoisotopic (exact) mass is 338 g/mol. The van der Waals surface area contributed by atoms with Crippen molar-refractivity contribution in [2.24, 2.45) is 5.10 Å². The molecule has 0 unspecified atom stereocenters. The lowest BCUT2D eigenvalue weighted by Crippen LogP contribution is -2.24. The summed E-state index contributed by atoms with van der Waals surface area (Å²) in [5, 5.41) is 14.8. The molecular weight excluding hydrogens is 328 g/mol. The molecule has 9 heteroatoms. The van der Waals surface area contributed by atoms with Crippen molar-refractivity contribution in [2.75, 3.05) is 0 Å². The molecule has 0 saturated heterocycles. The summed E-state index contributed by atoms with van der Waals surface area (Å²) in [7, 11) is 0. The average Bonchev–Trinajstić information content (AvgIpc) is 2.61. The first kappa shape index (κ1) is 16.0. The van der Waals surface area contributed by atoms with Crippen molar-refractivity contribution in [3.63, 3.8) is 0 Å². The van der Waals surface area contributed by atoms with Crippen LogP contribution < -0.4 is 11.1 Å². The molecule has 0 bridgehead atoms. The Kier molecular flexibility index (Phi) is 4.29. The number of carbonyl (C=O) groups is 1. The van der Waals surface area contributed by atoms with Crippen molar-refractivity contribution in [1.29, 1.82) is 0 Å². The molecule has 0 aliphatic heterocycles. The molecule has 25 heavy (non-hydrogen) atoms. The third kappa shape index (κ3) is 3.55. The molecule has 1 N–H and O–H groups in total. The van der Waals surface area contributed by atoms with Crippen LogP contribution in [0.15, 0.2) is 63.1 Å². The van der Waals surface area contributed by atoms with Gasteiger partial charge in [-0.15, -0.1) is 0 Å². The molecule has 0 atom stereocenters. The normalized spacial score (nSPS) is 10.9. The third-order valence-corrected chi connectivity index (χ3v) is 3.26. The van der Waals surface area contributed by atoms with E-state index in [4.69, 9.17) is 4.42 Å². The molecule has 1 aromatic carbocycles. The Morgan fingerprint density at radius 1 is 1.24 bits per heavy atom. The summed E-state index contributed by atoms with van der Waals surface area (Å²) < 4.78 is 5.01. The molecule has 2 heterocycles. The van der Waals surface area contributed by atoms with Gasteiger partial charge in [0.15, 0.2) is 0 Å². The number of aromatic nitrogens is 1. The van der Waals surface area contributed by atoms with Gasteiger partial charge in [-0.2, -0.15) is 5.10 Å². The van der Waals surface area contributed by atoms with E-state index in [1.165, 1.54) is 30.5 Å². The van der Waals surface area contributed by atoms with Gasteiger partial charge in [-0.3, -0.25) is 19.9 Å². The smallest absolute Gasteiger partial charge is 0.349 e. The van der Waals surface area contributed by atoms with E-state index in [9.17, 15) is 19.7 Å². The van der Waals surface area contributed by atoms with E-state index in [0.29, 0.717) is 5.56 Å². The number of amides is 1. The number of carbonyl (C=O) groups excluding carboxylic acids is 1. The first-order valence-corrected chi connectivity index (χ1v) is 7.00. The lowest BCUT2D eigenvalue weighted by Gasteiger charge is -2.01. The summed E-state index contributed by atoms with van der Waals surface area (Å²) in [4.78, 5) is 38.1. The predicted molar refractivity (Wildman–Crippen MR) is 88.4 cm³/mol. The number of fused-ring (bicyclic) bond motifs is 1. The highest BCUT2D eigenvalue weighted by molar-refractivity contribution is 5.97. The predicted octanol–water partition coefficient (Wildman–Crippen LogP) is 1.86. The van der Waals surface area contributed by atoms with Crippen LogP contribution >= 0.6 is 0 Å². The van der Waals surface area contributed by atoms with Gasteiger partial charge in [0.1, 0.15) is 11.1 Å². The highest BCUT2D eigenvalue weighted by Gasteiger charge is 2.15. The molecular formula is C16H10N4O5. The average molecular weight is 338 g/mol. The second kappa shape index (κ2) is 6.71. The maximum Gasteiger partial charge on any atom is 0.349 e. The summed E-state index contributed by atoms with van der Waals surface area (Å²) >= 11 is 0. The molecule has 2 aromatic heterocycles. The van der Waals surface area contributed by atoms with Gasteiger partial charge in [0.2, 0.25) is 0 Å². The SMILES string of the molecule is O=C(N/N=C/c1ccncc1)c1cc2cc([N+](=O)[O-])ccc2oc1=O. The molecule has 3 aromatic rings. The van der Waals surface area contributed by atoms with Crippen molar-refractivity contribution in [3.8, 4) is 0 Å². The molecule has 1 amide bonds. The number of non-ortho nitro benzene ring substituents is 1. The van der Waals surface area contributed by atoms with Gasteiger partial charge >= 0.3 is 5.63 Å². The maximum atomic E-state index is 12.1. The fourth-order valence-electron chi connectivity index (χ4n) is 2.06. The van der Waals surface area contributed by atoms with Crippen molar-refractivity contribution in [2.45, 2.75) is 0 Å². The first-order chi connectivity index (χ1) is 12.0. The Morgan fingerprint density at radius 2 is 2.00 bits per heavy atom. The number of nitro groups is 1. The molecule has 0 fully saturated rings. The van der Waals surface area contributed by atoms with Crippen LogP contribution in [-0.2, 0) is 0 Å². The number of nitrogens with one attached hydrogen (secondary N) is 1. The van der Waals surface area contributed by atoms with Crippen LogP contribution in [0, 0.1) is 10.1 Å². The quantitative estimate of drug-likeness (QED) is 0.335. The fraction of sp³-hybridized carbons (Fsp3) is 0. The summed E-state index contributed by atoms with van der Waals surface area (Å²) in [6.45, 7) is 0. The van der Waals surface area contributed by atoms with Gasteiger partial charge in [0.05, 0.1) is 11.1 Å². The maximum absolute atomic E-state index is 12.1. The Bertz CT molecular complexity index is 1040. The zero-order chi connectivity index (χ0) is 17.8. The van der Waals surface area contributed by atoms with Crippen molar-refractivity contribution in [1.82, 2.24) is 10.4 Å². The molecule has 0 aliphatic rings. The molecule has 3 rings (SSSR count). The number of nitrogens with zero attached hydrogens (tertiary/aromatic N) is 3. The van der Waals surface area contributed by atoms with Gasteiger partial charge in [-0.05, 0) is 29.8 Å². The van der Waals surface area contributed by atoms with Gasteiger partial charge in [-0.1, -0.05) is 0 Å². The number of hydrogen-bond donors (Lipinski definition) is 1. The summed E-state index contributed by atoms with van der Waals surface area (Å²) in [5.74, 6) is -0.785. The minimum Gasteiger partial charge on any atom is -0.422 e. The molecule has 9 nitrogen and oxygen atoms in total. The number of hydrazone groups is 1. The second-order valence-corrected chi connectivity index (χ2v) is 4.91. The number of benzene rings is 1. The second-order valence-electron chi connectivity index (χ2n) is 4.91. The fourth-order valence-corrected chi connectivity index (χ4v) is 2.06. The number of rotatable bonds is 4. The Hall–Kier alpha value is -3.88. The van der Waals surface area contributed by atoms with Crippen LogP contribution in [0.2, 0.25) is 0 Å². The zero-order valence-corrected chi connectivity index (χ0v) is 12.6. The van der Waals surface area contributed by atoms with Crippen molar-refractivity contribution in [3.05, 3.63) is 80.5 Å². The Labute approximate surface area is 139 Å². The lowest BCUT2D eigenvalue weighted by molar-refractivity contribution is -0.384. The summed E-state index contributed by atoms with van der Waals surface area (Å²) in [6.07, 6.45) is 4.51. The Morgan fingerprint density at radius 3 is 2.72 bits per heavy atom. The van der Waals surface area contributed by atoms with E-state index < -0.39 is 16.5 Å². The molecule has 0 saturated carbocycles. The summed E-state index contributed by atoms with van der Waals surface area (Å²) in [5.41, 5.74) is 1.71. The van der Waals surface area contributed by atoms with E-state index in [2.05, 4.69) is 15.5 Å². The van der Waals surface area contributed by atoms with E-state index in [0.717, 1.165) is 0 Å². The highest BCUT2D eigenvalue weighted by Crippen LogP contribution is 2.20. The molecule has 0 aliphatic carbocycles. The standard InChI is InChI=1S/C16H10N4O5/c21-15(19-18-9-10-3-5-17-6-4-10)13-8-11-7-12(20(23)24)1-2-14(11)25-16(13)22/h1-9H,(H,19,21)/b18-9+. The van der Waals surface area contributed by atoms with Crippen LogP contribution in [0.5, 0.6) is 0 Å². The van der Waals surface area contributed by atoms with Crippen molar-refractivity contribution >= 4 is 28.8 Å². The van der Waals surface area contributed by atoms with Gasteiger partial charge in [0, 0.05) is 29.9 Å². The molecule has 124 valence electrons. The van der Waals surface area contributed by atoms with Crippen LogP contribution in [0.1, 0.15) is 15.9 Å². The topological polar surface area (TPSA) is 128 Å². The third-order valence-electron chi connectivity index (χ3n) is 3.26. The first-order valence-electron chi connectivity index (χ1n) is 7.00. The van der Waals surface area contributed by atoms with E-state index in [1.807, 2.05) is 0 Å². The largest absolute Gasteiger partial charge is 0.422 e. The van der Waals surface area contributed by atoms with Crippen LogP contribution in [0.3, 0.4) is 0 Å². The minimum atomic E-state index is -0.863. The van der Waals surface area contributed by atoms with Crippen molar-refractivity contribution < 1.29 is 14.1 Å². The minimum absolute atomic E-state index is 0.146. The van der Waals surface area contributed by atoms with E-state index >= 15 is 0 Å². The van der Waals surface area contributed by atoms with Gasteiger partial charge < -0.3 is 4.42 Å². The number of hydrogen-bond acceptors (Lipinski definition) is 7. The number of pyridine rings is 1.